The van der Waals surface area contributed by atoms with Crippen LogP contribution in [0.3, 0.4) is 0 Å². The highest BCUT2D eigenvalue weighted by molar-refractivity contribution is 5.94. The lowest BCUT2D eigenvalue weighted by Gasteiger charge is -2.36. The quantitative estimate of drug-likeness (QED) is 0.733. The van der Waals surface area contributed by atoms with E-state index < -0.39 is 0 Å². The number of nitrogens with zero attached hydrogens (tertiary/aromatic N) is 2. The maximum Gasteiger partial charge on any atom is 0.254 e. The molecule has 0 radical (unpaired) electrons. The third-order valence-electron chi connectivity index (χ3n) is 4.39. The normalized spacial score (nSPS) is 16.6. The number of aldehydes is 1. The van der Waals surface area contributed by atoms with E-state index >= 15 is 0 Å². The molecule has 27 heavy (non-hydrogen) atoms. The second-order valence-electron chi connectivity index (χ2n) is 6.06. The first-order valence-electron chi connectivity index (χ1n) is 8.55. The molecule has 142 valence electrons. The molecule has 1 aliphatic heterocycles. The predicted molar refractivity (Wildman–Crippen MR) is 97.5 cm³/mol. The standard InChI is InChI=1S/C19H21N3O5/c1-26-18-9-13(5-6-21-18)19(25)22-8-7-20-10-14(22)12-27-17-4-2-3-16(24)15(17)11-23/h2-6,9,11,14,20,24H,7-8,10,12H2,1H3/t14-/m0/s1. The van der Waals surface area contributed by atoms with Crippen LogP contribution in [0.4, 0.5) is 0 Å². The Morgan fingerprint density at radius 2 is 2.30 bits per heavy atom. The molecule has 1 fully saturated rings. The van der Waals surface area contributed by atoms with E-state index in [1.54, 1.807) is 29.2 Å². The van der Waals surface area contributed by atoms with E-state index in [1.165, 1.54) is 19.4 Å². The first kappa shape index (κ1) is 18.7. The fourth-order valence-electron chi connectivity index (χ4n) is 2.96. The van der Waals surface area contributed by atoms with Gasteiger partial charge in [0.15, 0.2) is 6.29 Å². The number of aromatic nitrogens is 1. The molecule has 1 aromatic heterocycles. The van der Waals surface area contributed by atoms with Crippen molar-refractivity contribution in [3.8, 4) is 17.4 Å². The molecule has 8 nitrogen and oxygen atoms in total. The Hall–Kier alpha value is -3.13. The minimum Gasteiger partial charge on any atom is -0.507 e. The number of ether oxygens (including phenoxy) is 2. The van der Waals surface area contributed by atoms with Gasteiger partial charge in [-0.25, -0.2) is 4.98 Å². The van der Waals surface area contributed by atoms with Crippen LogP contribution in [-0.2, 0) is 0 Å². The van der Waals surface area contributed by atoms with Gasteiger partial charge in [0.05, 0.1) is 18.7 Å². The van der Waals surface area contributed by atoms with Gasteiger partial charge in [0.1, 0.15) is 18.1 Å². The highest BCUT2D eigenvalue weighted by atomic mass is 16.5. The molecule has 1 saturated heterocycles. The summed E-state index contributed by atoms with van der Waals surface area (Å²) in [5, 5.41) is 13.0. The Morgan fingerprint density at radius 1 is 1.44 bits per heavy atom. The predicted octanol–water partition coefficient (Wildman–Crippen LogP) is 1.10. The second-order valence-corrected chi connectivity index (χ2v) is 6.06. The van der Waals surface area contributed by atoms with Crippen LogP contribution in [0.15, 0.2) is 36.5 Å². The van der Waals surface area contributed by atoms with Gasteiger partial charge in [-0.05, 0) is 18.2 Å². The van der Waals surface area contributed by atoms with E-state index in [0.717, 1.165) is 0 Å². The molecule has 1 amide bonds. The van der Waals surface area contributed by atoms with Gasteiger partial charge < -0.3 is 24.8 Å². The fourth-order valence-corrected chi connectivity index (χ4v) is 2.96. The largest absolute Gasteiger partial charge is 0.507 e. The number of carbonyl (C=O) groups is 2. The van der Waals surface area contributed by atoms with Crippen molar-refractivity contribution < 1.29 is 24.2 Å². The molecule has 2 aromatic rings. The molecule has 3 rings (SSSR count). The summed E-state index contributed by atoms with van der Waals surface area (Å²) in [7, 11) is 1.50. The summed E-state index contributed by atoms with van der Waals surface area (Å²) in [6, 6.07) is 7.65. The Bertz CT molecular complexity index is 827. The number of amides is 1. The number of aromatic hydroxyl groups is 1. The minimum atomic E-state index is -0.229. The lowest BCUT2D eigenvalue weighted by Crippen LogP contribution is -2.55. The van der Waals surface area contributed by atoms with Crippen molar-refractivity contribution in [2.24, 2.45) is 0 Å². The molecule has 2 heterocycles. The van der Waals surface area contributed by atoms with Crippen LogP contribution in [0, 0.1) is 0 Å². The Kier molecular flexibility index (Phi) is 5.87. The molecule has 0 spiro atoms. The van der Waals surface area contributed by atoms with Gasteiger partial charge >= 0.3 is 0 Å². The van der Waals surface area contributed by atoms with E-state index in [4.69, 9.17) is 9.47 Å². The lowest BCUT2D eigenvalue weighted by atomic mass is 10.1. The molecule has 0 saturated carbocycles. The maximum atomic E-state index is 12.9. The van der Waals surface area contributed by atoms with Crippen LogP contribution in [0.2, 0.25) is 0 Å². The van der Waals surface area contributed by atoms with E-state index in [2.05, 4.69) is 10.3 Å². The molecular weight excluding hydrogens is 350 g/mol. The molecule has 1 aromatic carbocycles. The molecule has 0 aliphatic carbocycles. The van der Waals surface area contributed by atoms with Gasteiger partial charge in [-0.2, -0.15) is 0 Å². The molecule has 0 unspecified atom stereocenters. The summed E-state index contributed by atoms with van der Waals surface area (Å²) < 4.78 is 10.8. The Balaban J connectivity index is 1.75. The summed E-state index contributed by atoms with van der Waals surface area (Å²) in [4.78, 5) is 29.9. The van der Waals surface area contributed by atoms with Gasteiger partial charge in [-0.1, -0.05) is 6.07 Å². The van der Waals surface area contributed by atoms with Crippen LogP contribution >= 0.6 is 0 Å². The van der Waals surface area contributed by atoms with E-state index in [-0.39, 0.29) is 35.6 Å². The van der Waals surface area contributed by atoms with Gasteiger partial charge in [-0.3, -0.25) is 9.59 Å². The van der Waals surface area contributed by atoms with Gasteiger partial charge in [0.2, 0.25) is 5.88 Å². The zero-order chi connectivity index (χ0) is 19.2. The molecule has 0 bridgehead atoms. The van der Waals surface area contributed by atoms with Crippen molar-refractivity contribution in [3.63, 3.8) is 0 Å². The van der Waals surface area contributed by atoms with Crippen molar-refractivity contribution in [3.05, 3.63) is 47.7 Å². The van der Waals surface area contributed by atoms with Crippen molar-refractivity contribution in [1.29, 1.82) is 0 Å². The zero-order valence-corrected chi connectivity index (χ0v) is 14.9. The molecule has 1 aliphatic rings. The average molecular weight is 371 g/mol. The SMILES string of the molecule is COc1cc(C(=O)N2CCNC[C@H]2COc2cccc(O)c2C=O)ccn1. The van der Waals surface area contributed by atoms with Crippen LogP contribution in [0.25, 0.3) is 0 Å². The number of piperazine rings is 1. The Labute approximate surface area is 156 Å². The molecular formula is C19H21N3O5. The number of carbonyl (C=O) groups excluding carboxylic acids is 2. The van der Waals surface area contributed by atoms with Crippen molar-refractivity contribution in [2.45, 2.75) is 6.04 Å². The number of hydrogen-bond donors (Lipinski definition) is 2. The van der Waals surface area contributed by atoms with Crippen LogP contribution in [-0.4, -0.2) is 66.6 Å². The van der Waals surface area contributed by atoms with E-state index in [1.807, 2.05) is 0 Å². The second kappa shape index (κ2) is 8.50. The highest BCUT2D eigenvalue weighted by Crippen LogP contribution is 2.26. The summed E-state index contributed by atoms with van der Waals surface area (Å²) >= 11 is 0. The smallest absolute Gasteiger partial charge is 0.254 e. The average Bonchev–Trinajstić information content (AvgIpc) is 2.72. The number of methoxy groups -OCH3 is 1. The number of phenolic OH excluding ortho intramolecular Hbond substituents is 1. The number of nitrogens with one attached hydrogen (secondary N) is 1. The van der Waals surface area contributed by atoms with E-state index in [9.17, 15) is 14.7 Å². The number of phenols is 1. The third kappa shape index (κ3) is 4.17. The summed E-state index contributed by atoms with van der Waals surface area (Å²) in [6.07, 6.45) is 2.08. The van der Waals surface area contributed by atoms with Crippen LogP contribution < -0.4 is 14.8 Å². The van der Waals surface area contributed by atoms with Gasteiger partial charge in [0.25, 0.3) is 5.91 Å². The summed E-state index contributed by atoms with van der Waals surface area (Å²) in [5.74, 6) is 0.381. The first-order valence-corrected chi connectivity index (χ1v) is 8.55. The number of pyridine rings is 1. The molecule has 8 heteroatoms. The molecule has 1 atom stereocenters. The first-order chi connectivity index (χ1) is 13.1. The van der Waals surface area contributed by atoms with Gasteiger partial charge in [-0.15, -0.1) is 0 Å². The summed E-state index contributed by atoms with van der Waals surface area (Å²) in [6.45, 7) is 1.95. The zero-order valence-electron chi connectivity index (χ0n) is 14.9. The Morgan fingerprint density at radius 3 is 3.07 bits per heavy atom. The number of hydrogen-bond acceptors (Lipinski definition) is 7. The van der Waals surface area contributed by atoms with Crippen LogP contribution in [0.1, 0.15) is 20.7 Å². The highest BCUT2D eigenvalue weighted by Gasteiger charge is 2.28. The van der Waals surface area contributed by atoms with Crippen molar-refractivity contribution in [1.82, 2.24) is 15.2 Å². The third-order valence-corrected chi connectivity index (χ3v) is 4.39. The van der Waals surface area contributed by atoms with Gasteiger partial charge in [0, 0.05) is 37.5 Å². The molecule has 2 N–H and O–H groups in total. The monoisotopic (exact) mass is 371 g/mol. The lowest BCUT2D eigenvalue weighted by molar-refractivity contribution is 0.0557. The maximum absolute atomic E-state index is 12.9. The van der Waals surface area contributed by atoms with Crippen molar-refractivity contribution in [2.75, 3.05) is 33.4 Å². The number of benzene rings is 1. The van der Waals surface area contributed by atoms with E-state index in [0.29, 0.717) is 37.4 Å². The fraction of sp³-hybridized carbons (Fsp3) is 0.316. The van der Waals surface area contributed by atoms with Crippen molar-refractivity contribution >= 4 is 12.2 Å². The summed E-state index contributed by atoms with van der Waals surface area (Å²) in [5.41, 5.74) is 0.581. The van der Waals surface area contributed by atoms with Crippen LogP contribution in [0.5, 0.6) is 17.4 Å². The topological polar surface area (TPSA) is 101 Å². The number of rotatable bonds is 6. The minimum absolute atomic E-state index is 0.0954.